The molecular formula is C33H35N3O5. The number of phenolic OH excluding ortho intramolecular Hbond substituents is 1. The Hall–Kier alpha value is -3.88. The Bertz CT molecular complexity index is 1580. The third kappa shape index (κ3) is 3.53. The molecule has 0 unspecified atom stereocenters. The van der Waals surface area contributed by atoms with Crippen LogP contribution >= 0.6 is 0 Å². The first-order valence-corrected chi connectivity index (χ1v) is 14.1. The van der Waals surface area contributed by atoms with Gasteiger partial charge in [-0.15, -0.1) is 0 Å². The third-order valence-electron chi connectivity index (χ3n) is 9.96. The number of likely N-dealkylation sites (tertiary alicyclic amines) is 1. The van der Waals surface area contributed by atoms with Crippen LogP contribution in [0.3, 0.4) is 0 Å². The van der Waals surface area contributed by atoms with Gasteiger partial charge in [-0.3, -0.25) is 14.7 Å². The standard InChI is InChI=1S/C32H31N3O5.CH4/c36-24-8-7-20-15-25-32(39)16-22(30(38)34-23-4-2-1-3-21(23)19-9-12-33-13-10-19)27(37)29-31(32,26(20)28(24)40-29)11-14-35(25)17-18-5-6-18;/h1-4,7-10,12-13,18,25,29,36-37,39H,5-6,11,14-17H2,(H,34,38);1H4/t25-,29+,31+,32-;/m1./s1. The minimum Gasteiger partial charge on any atom is -0.508 e. The maximum Gasteiger partial charge on any atom is 0.255 e. The number of piperidine rings is 1. The molecule has 4 N–H and O–H groups in total. The number of benzene rings is 2. The molecule has 8 rings (SSSR count). The maximum absolute atomic E-state index is 13.9. The number of amides is 1. The second-order valence-electron chi connectivity index (χ2n) is 12.0. The molecule has 2 aliphatic heterocycles. The Kier molecular flexibility index (Phi) is 5.76. The van der Waals surface area contributed by atoms with E-state index in [4.69, 9.17) is 4.74 Å². The fourth-order valence-electron chi connectivity index (χ4n) is 7.94. The molecule has 2 fully saturated rings. The Balaban J connectivity index is 0.00000276. The quantitative estimate of drug-likeness (QED) is 0.362. The van der Waals surface area contributed by atoms with Gasteiger partial charge in [0.25, 0.3) is 5.91 Å². The number of pyridine rings is 1. The molecule has 1 saturated heterocycles. The molecule has 212 valence electrons. The fourth-order valence-corrected chi connectivity index (χ4v) is 7.94. The van der Waals surface area contributed by atoms with Crippen molar-refractivity contribution in [2.45, 2.75) is 62.7 Å². The number of aromatic nitrogens is 1. The van der Waals surface area contributed by atoms with E-state index in [2.05, 4.69) is 15.2 Å². The van der Waals surface area contributed by atoms with Crippen LogP contribution in [0.4, 0.5) is 5.69 Å². The van der Waals surface area contributed by atoms with Crippen molar-refractivity contribution in [1.29, 1.82) is 0 Å². The van der Waals surface area contributed by atoms with Crippen LogP contribution in [0.25, 0.3) is 11.1 Å². The highest BCUT2D eigenvalue weighted by atomic mass is 16.5. The lowest BCUT2D eigenvalue weighted by molar-refractivity contribution is -0.172. The van der Waals surface area contributed by atoms with E-state index in [1.54, 1.807) is 18.5 Å². The van der Waals surface area contributed by atoms with Crippen LogP contribution in [0.1, 0.15) is 44.2 Å². The monoisotopic (exact) mass is 553 g/mol. The highest BCUT2D eigenvalue weighted by molar-refractivity contribution is 6.06. The number of aromatic hydroxyl groups is 1. The first kappa shape index (κ1) is 26.0. The zero-order valence-corrected chi connectivity index (χ0v) is 22.0. The maximum atomic E-state index is 13.9. The van der Waals surface area contributed by atoms with Gasteiger partial charge in [0.15, 0.2) is 17.6 Å². The van der Waals surface area contributed by atoms with E-state index in [1.165, 1.54) is 12.8 Å². The zero-order chi connectivity index (χ0) is 27.2. The van der Waals surface area contributed by atoms with Crippen molar-refractivity contribution < 1.29 is 24.9 Å². The molecule has 1 aromatic heterocycles. The van der Waals surface area contributed by atoms with Crippen molar-refractivity contribution in [2.75, 3.05) is 18.4 Å². The number of hydrogen-bond acceptors (Lipinski definition) is 7. The molecule has 3 aliphatic carbocycles. The van der Waals surface area contributed by atoms with Crippen molar-refractivity contribution >= 4 is 11.6 Å². The van der Waals surface area contributed by atoms with Crippen molar-refractivity contribution in [1.82, 2.24) is 9.88 Å². The third-order valence-corrected chi connectivity index (χ3v) is 9.96. The van der Waals surface area contributed by atoms with E-state index in [1.807, 2.05) is 42.5 Å². The first-order valence-electron chi connectivity index (χ1n) is 14.1. The van der Waals surface area contributed by atoms with Gasteiger partial charge in [0.2, 0.25) is 0 Å². The van der Waals surface area contributed by atoms with E-state index in [-0.39, 0.29) is 37.0 Å². The Morgan fingerprint density at radius 3 is 2.66 bits per heavy atom. The normalized spacial score (nSPS) is 29.3. The number of nitrogens with zero attached hydrogens (tertiary/aromatic N) is 2. The summed E-state index contributed by atoms with van der Waals surface area (Å²) < 4.78 is 6.32. The molecule has 8 heteroatoms. The lowest BCUT2D eigenvalue weighted by atomic mass is 9.49. The molecule has 2 bridgehead atoms. The Labute approximate surface area is 239 Å². The van der Waals surface area contributed by atoms with Crippen LogP contribution < -0.4 is 10.1 Å². The lowest BCUT2D eigenvalue weighted by Crippen LogP contribution is -2.75. The van der Waals surface area contributed by atoms with E-state index in [9.17, 15) is 20.1 Å². The van der Waals surface area contributed by atoms with Gasteiger partial charge in [-0.05, 0) is 73.5 Å². The number of hydrogen-bond donors (Lipinski definition) is 4. The highest BCUT2D eigenvalue weighted by Crippen LogP contribution is 2.66. The second kappa shape index (κ2) is 9.06. The number of anilines is 1. The predicted octanol–water partition coefficient (Wildman–Crippen LogP) is 4.72. The first-order chi connectivity index (χ1) is 19.4. The molecule has 3 aromatic rings. The number of aliphatic hydroxyl groups excluding tert-OH is 1. The molecule has 41 heavy (non-hydrogen) atoms. The van der Waals surface area contributed by atoms with Crippen molar-refractivity contribution in [3.63, 3.8) is 0 Å². The molecule has 1 spiro atoms. The highest BCUT2D eigenvalue weighted by Gasteiger charge is 2.73. The zero-order valence-electron chi connectivity index (χ0n) is 22.0. The van der Waals surface area contributed by atoms with E-state index < -0.39 is 23.0 Å². The summed E-state index contributed by atoms with van der Waals surface area (Å²) in [5.41, 5.74) is 2.02. The number of carbonyl (C=O) groups is 1. The van der Waals surface area contributed by atoms with Gasteiger partial charge in [0.1, 0.15) is 5.76 Å². The van der Waals surface area contributed by atoms with Gasteiger partial charge in [-0.25, -0.2) is 0 Å². The van der Waals surface area contributed by atoms with Crippen LogP contribution in [0.5, 0.6) is 11.5 Å². The van der Waals surface area contributed by atoms with Crippen LogP contribution in [-0.2, 0) is 16.6 Å². The average molecular weight is 554 g/mol. The molecule has 8 nitrogen and oxygen atoms in total. The van der Waals surface area contributed by atoms with Crippen molar-refractivity contribution in [3.8, 4) is 22.6 Å². The molecule has 1 saturated carbocycles. The number of para-hydroxylation sites is 1. The molecular weight excluding hydrogens is 518 g/mol. The summed E-state index contributed by atoms with van der Waals surface area (Å²) in [5, 5.41) is 38.3. The summed E-state index contributed by atoms with van der Waals surface area (Å²) >= 11 is 0. The summed E-state index contributed by atoms with van der Waals surface area (Å²) in [6.45, 7) is 1.69. The fraction of sp³-hybridized carbons (Fsp3) is 0.394. The number of rotatable bonds is 5. The second-order valence-corrected chi connectivity index (χ2v) is 12.0. The molecule has 1 amide bonds. The van der Waals surface area contributed by atoms with Crippen molar-refractivity contribution in [3.05, 3.63) is 83.4 Å². The Morgan fingerprint density at radius 1 is 1.10 bits per heavy atom. The summed E-state index contributed by atoms with van der Waals surface area (Å²) in [7, 11) is 0. The van der Waals surface area contributed by atoms with Crippen LogP contribution in [0, 0.1) is 5.92 Å². The number of ether oxygens (including phenoxy) is 1. The molecule has 5 aliphatic rings. The number of aliphatic hydroxyl groups is 2. The molecule has 3 heterocycles. The van der Waals surface area contributed by atoms with Crippen LogP contribution in [-0.4, -0.2) is 61.9 Å². The summed E-state index contributed by atoms with van der Waals surface area (Å²) in [6.07, 6.45) is 6.04. The molecule has 4 atom stereocenters. The van der Waals surface area contributed by atoms with E-state index in [0.29, 0.717) is 30.2 Å². The average Bonchev–Trinajstić information content (AvgIpc) is 3.70. The Morgan fingerprint density at radius 2 is 1.88 bits per heavy atom. The van der Waals surface area contributed by atoms with Gasteiger partial charge in [-0.1, -0.05) is 31.7 Å². The number of carbonyl (C=O) groups excluding carboxylic acids is 1. The predicted molar refractivity (Wildman–Crippen MR) is 155 cm³/mol. The number of phenols is 1. The van der Waals surface area contributed by atoms with Crippen LogP contribution in [0.15, 0.2) is 72.3 Å². The minimum atomic E-state index is -1.35. The largest absolute Gasteiger partial charge is 0.508 e. The molecule has 2 aromatic carbocycles. The van der Waals surface area contributed by atoms with Gasteiger partial charge in [-0.2, -0.15) is 0 Å². The number of nitrogens with one attached hydrogen (secondary N) is 1. The van der Waals surface area contributed by atoms with E-state index in [0.717, 1.165) is 35.3 Å². The van der Waals surface area contributed by atoms with E-state index >= 15 is 0 Å². The SMILES string of the molecule is C.O=C(Nc1ccccc1-c1ccncc1)C1=C(O)[C@@H]2Oc3c(O)ccc4c3[C@@]23CCN(CC2CC2)[C@H](C4)[C@]3(O)C1. The van der Waals surface area contributed by atoms with Crippen LogP contribution in [0.2, 0.25) is 0 Å². The van der Waals surface area contributed by atoms with Gasteiger partial charge in [0.05, 0.1) is 16.6 Å². The topological polar surface area (TPSA) is 115 Å². The lowest BCUT2D eigenvalue weighted by Gasteiger charge is -2.62. The summed E-state index contributed by atoms with van der Waals surface area (Å²) in [6, 6.07) is 14.6. The molecule has 0 radical (unpaired) electrons. The minimum absolute atomic E-state index is 0. The van der Waals surface area contributed by atoms with Gasteiger partial charge in [0, 0.05) is 48.2 Å². The summed E-state index contributed by atoms with van der Waals surface area (Å²) in [5.74, 6) is 0.329. The smallest absolute Gasteiger partial charge is 0.255 e. The summed E-state index contributed by atoms with van der Waals surface area (Å²) in [4.78, 5) is 20.4. The van der Waals surface area contributed by atoms with Gasteiger partial charge >= 0.3 is 0 Å². The van der Waals surface area contributed by atoms with Gasteiger partial charge < -0.3 is 25.4 Å². The van der Waals surface area contributed by atoms with Crippen molar-refractivity contribution in [2.24, 2.45) is 5.92 Å².